The second-order valence-corrected chi connectivity index (χ2v) is 8.27. The Hall–Kier alpha value is -2.48. The van der Waals surface area contributed by atoms with Crippen molar-refractivity contribution in [2.24, 2.45) is 0 Å². The highest BCUT2D eigenvalue weighted by molar-refractivity contribution is 5.92. The van der Waals surface area contributed by atoms with Gasteiger partial charge in [-0.05, 0) is 63.7 Å². The van der Waals surface area contributed by atoms with Crippen LogP contribution in [0.4, 0.5) is 5.82 Å². The summed E-state index contributed by atoms with van der Waals surface area (Å²) < 4.78 is 0. The number of piperidine rings is 1. The second-order valence-electron chi connectivity index (χ2n) is 8.27. The van der Waals surface area contributed by atoms with E-state index in [1.54, 1.807) is 0 Å². The number of pyridine rings is 2. The summed E-state index contributed by atoms with van der Waals surface area (Å²) in [7, 11) is 2.20. The Morgan fingerprint density at radius 1 is 1.17 bits per heavy atom. The third-order valence-electron chi connectivity index (χ3n) is 6.19. The van der Waals surface area contributed by atoms with Gasteiger partial charge in [-0.3, -0.25) is 10.9 Å². The van der Waals surface area contributed by atoms with Gasteiger partial charge in [0, 0.05) is 47.9 Å². The molecule has 7 nitrogen and oxygen atoms in total. The lowest BCUT2D eigenvalue weighted by molar-refractivity contribution is 0.254. The third-order valence-corrected chi connectivity index (χ3v) is 6.19. The van der Waals surface area contributed by atoms with Gasteiger partial charge in [0.05, 0.1) is 5.69 Å². The molecular formula is C22H29N7. The Bertz CT molecular complexity index is 968. The fourth-order valence-corrected chi connectivity index (χ4v) is 4.41. The maximum atomic E-state index is 4.88. The van der Waals surface area contributed by atoms with Gasteiger partial charge < -0.3 is 15.2 Å². The highest BCUT2D eigenvalue weighted by atomic mass is 15.4. The van der Waals surface area contributed by atoms with Gasteiger partial charge in [0.15, 0.2) is 0 Å². The molecule has 2 fully saturated rings. The van der Waals surface area contributed by atoms with Crippen LogP contribution in [0.1, 0.15) is 30.9 Å². The van der Waals surface area contributed by atoms with E-state index in [4.69, 9.17) is 4.98 Å². The normalized spacial score (nSPS) is 21.1. The summed E-state index contributed by atoms with van der Waals surface area (Å²) in [4.78, 5) is 15.4. The number of anilines is 1. The predicted molar refractivity (Wildman–Crippen MR) is 117 cm³/mol. The van der Waals surface area contributed by atoms with Gasteiger partial charge in [-0.25, -0.2) is 9.97 Å². The van der Waals surface area contributed by atoms with Crippen LogP contribution in [-0.2, 0) is 0 Å². The molecule has 0 amide bonds. The van der Waals surface area contributed by atoms with E-state index >= 15 is 0 Å². The number of fused-ring (bicyclic) bond motifs is 1. The summed E-state index contributed by atoms with van der Waals surface area (Å²) in [6, 6.07) is 11.0. The minimum absolute atomic E-state index is 0.440. The molecule has 3 aromatic rings. The second kappa shape index (κ2) is 8.10. The van der Waals surface area contributed by atoms with Crippen molar-refractivity contribution in [2.45, 2.75) is 31.2 Å². The molecule has 0 spiro atoms. The fraction of sp³-hybridized carbons (Fsp3) is 0.455. The molecule has 5 rings (SSSR count). The summed E-state index contributed by atoms with van der Waals surface area (Å²) in [5.41, 5.74) is 10.8. The lowest BCUT2D eigenvalue weighted by Gasteiger charge is -2.28. The molecule has 1 atom stereocenters. The zero-order chi connectivity index (χ0) is 19.6. The van der Waals surface area contributed by atoms with E-state index in [9.17, 15) is 0 Å². The monoisotopic (exact) mass is 391 g/mol. The topological polar surface area (TPSA) is 80.9 Å². The molecule has 0 aliphatic carbocycles. The number of H-pyrrole nitrogens is 1. The van der Waals surface area contributed by atoms with Crippen molar-refractivity contribution in [1.82, 2.24) is 30.7 Å². The van der Waals surface area contributed by atoms with Gasteiger partial charge >= 0.3 is 0 Å². The maximum Gasteiger partial charge on any atom is 0.138 e. The van der Waals surface area contributed by atoms with Crippen LogP contribution >= 0.6 is 0 Å². The van der Waals surface area contributed by atoms with E-state index in [0.717, 1.165) is 60.7 Å². The van der Waals surface area contributed by atoms with Gasteiger partial charge in [-0.15, -0.1) is 0 Å². The minimum Gasteiger partial charge on any atom is -0.368 e. The lowest BCUT2D eigenvalue weighted by Crippen LogP contribution is -2.34. The van der Waals surface area contributed by atoms with E-state index in [1.807, 2.05) is 12.3 Å². The predicted octanol–water partition coefficient (Wildman–Crippen LogP) is 2.71. The van der Waals surface area contributed by atoms with Crippen molar-refractivity contribution < 1.29 is 0 Å². The van der Waals surface area contributed by atoms with Crippen molar-refractivity contribution in [3.8, 4) is 11.3 Å². The van der Waals surface area contributed by atoms with Gasteiger partial charge in [0.1, 0.15) is 11.5 Å². The molecule has 0 saturated carbocycles. The Labute approximate surface area is 171 Å². The molecule has 0 aromatic carbocycles. The van der Waals surface area contributed by atoms with Crippen molar-refractivity contribution >= 4 is 16.9 Å². The Kier molecular flexibility index (Phi) is 5.18. The zero-order valence-corrected chi connectivity index (χ0v) is 16.9. The molecule has 2 saturated heterocycles. The average Bonchev–Trinajstić information content (AvgIpc) is 3.42. The van der Waals surface area contributed by atoms with Gasteiger partial charge in [-0.2, -0.15) is 0 Å². The number of hydrogen-bond acceptors (Lipinski definition) is 6. The number of hydrazine groups is 1. The Morgan fingerprint density at radius 3 is 2.90 bits per heavy atom. The highest BCUT2D eigenvalue weighted by Crippen LogP contribution is 2.33. The van der Waals surface area contributed by atoms with E-state index in [-0.39, 0.29) is 0 Å². The van der Waals surface area contributed by atoms with E-state index in [0.29, 0.717) is 12.0 Å². The molecule has 29 heavy (non-hydrogen) atoms. The van der Waals surface area contributed by atoms with Crippen LogP contribution < -0.4 is 16.2 Å². The number of nitrogens with one attached hydrogen (secondary N) is 4. The molecule has 0 bridgehead atoms. The molecule has 5 heterocycles. The Morgan fingerprint density at radius 2 is 2.07 bits per heavy atom. The minimum atomic E-state index is 0.440. The SMILES string of the molecule is CN1CCC(c2cc3c(-c4cccc(NCC5CCNN5)n4)ccnc3[nH]2)CC1. The lowest BCUT2D eigenvalue weighted by atomic mass is 9.93. The molecule has 4 N–H and O–H groups in total. The summed E-state index contributed by atoms with van der Waals surface area (Å²) in [5.74, 6) is 1.49. The first-order valence-corrected chi connectivity index (χ1v) is 10.6. The number of aromatic nitrogens is 3. The maximum absolute atomic E-state index is 4.88. The largest absolute Gasteiger partial charge is 0.368 e. The van der Waals surface area contributed by atoms with Crippen molar-refractivity contribution in [1.29, 1.82) is 0 Å². The van der Waals surface area contributed by atoms with Crippen LogP contribution in [0.5, 0.6) is 0 Å². The number of rotatable bonds is 5. The molecule has 3 aromatic heterocycles. The molecule has 2 aliphatic rings. The standard InChI is InChI=1S/C22H29N7/c1-29-11-7-15(8-12-29)20-13-18-17(6-9-23-22(18)27-20)19-3-2-4-21(26-19)24-14-16-5-10-25-28-16/h2-4,6,9,13,15-16,25,28H,5,7-8,10-12,14H2,1H3,(H,23,27)(H,24,26). The number of hydrogen-bond donors (Lipinski definition) is 4. The van der Waals surface area contributed by atoms with Gasteiger partial charge in [0.25, 0.3) is 0 Å². The van der Waals surface area contributed by atoms with E-state index in [2.05, 4.69) is 62.3 Å². The number of aromatic amines is 1. The molecule has 2 aliphatic heterocycles. The van der Waals surface area contributed by atoms with Gasteiger partial charge in [0.2, 0.25) is 0 Å². The third kappa shape index (κ3) is 3.99. The smallest absolute Gasteiger partial charge is 0.138 e. The van der Waals surface area contributed by atoms with Crippen LogP contribution in [0.2, 0.25) is 0 Å². The summed E-state index contributed by atoms with van der Waals surface area (Å²) in [6.45, 7) is 4.18. The van der Waals surface area contributed by atoms with Crippen LogP contribution in [-0.4, -0.2) is 59.1 Å². The average molecular weight is 392 g/mol. The van der Waals surface area contributed by atoms with Crippen LogP contribution in [0.3, 0.4) is 0 Å². The first-order valence-electron chi connectivity index (χ1n) is 10.6. The zero-order valence-electron chi connectivity index (χ0n) is 16.9. The van der Waals surface area contributed by atoms with Gasteiger partial charge in [-0.1, -0.05) is 6.07 Å². The van der Waals surface area contributed by atoms with Crippen LogP contribution in [0, 0.1) is 0 Å². The Balaban J connectivity index is 1.40. The molecule has 152 valence electrons. The number of nitrogens with zero attached hydrogens (tertiary/aromatic N) is 3. The summed E-state index contributed by atoms with van der Waals surface area (Å²) >= 11 is 0. The van der Waals surface area contributed by atoms with E-state index < -0.39 is 0 Å². The van der Waals surface area contributed by atoms with Crippen molar-refractivity contribution in [3.05, 3.63) is 42.2 Å². The molecule has 7 heteroatoms. The van der Waals surface area contributed by atoms with Crippen molar-refractivity contribution in [2.75, 3.05) is 38.5 Å². The molecule has 1 unspecified atom stereocenters. The summed E-state index contributed by atoms with van der Waals surface area (Å²) in [5, 5.41) is 4.62. The fourth-order valence-electron chi connectivity index (χ4n) is 4.41. The molecular weight excluding hydrogens is 362 g/mol. The number of likely N-dealkylation sites (tertiary alicyclic amines) is 1. The first kappa shape index (κ1) is 18.5. The first-order chi connectivity index (χ1) is 14.3. The molecule has 0 radical (unpaired) electrons. The van der Waals surface area contributed by atoms with E-state index in [1.165, 1.54) is 18.5 Å². The highest BCUT2D eigenvalue weighted by Gasteiger charge is 2.21. The van der Waals surface area contributed by atoms with Crippen molar-refractivity contribution in [3.63, 3.8) is 0 Å². The van der Waals surface area contributed by atoms with Crippen LogP contribution in [0.15, 0.2) is 36.5 Å². The quantitative estimate of drug-likeness (QED) is 0.536. The van der Waals surface area contributed by atoms with Crippen LogP contribution in [0.25, 0.3) is 22.3 Å². The summed E-state index contributed by atoms with van der Waals surface area (Å²) in [6.07, 6.45) is 5.39.